The lowest BCUT2D eigenvalue weighted by Gasteiger charge is -2.45. The summed E-state index contributed by atoms with van der Waals surface area (Å²) in [5.41, 5.74) is 0. The second kappa shape index (κ2) is 5.89. The molecule has 0 bridgehead atoms. The largest absolute Gasteiger partial charge is 0.358 e. The van der Waals surface area contributed by atoms with Crippen molar-refractivity contribution in [2.24, 2.45) is 16.8 Å². The fraction of sp³-hybridized carbons (Fsp3) is 0.938. The van der Waals surface area contributed by atoms with Gasteiger partial charge in [0.1, 0.15) is 5.84 Å². The van der Waals surface area contributed by atoms with Gasteiger partial charge in [-0.05, 0) is 39.0 Å². The number of piperidine rings is 1. The molecule has 3 heteroatoms. The minimum atomic E-state index is 0.0592. The molecule has 2 nitrogen and oxygen atoms in total. The third-order valence-corrected chi connectivity index (χ3v) is 5.14. The highest BCUT2D eigenvalue weighted by atomic mass is 15.2. The van der Waals surface area contributed by atoms with Crippen molar-refractivity contribution in [1.29, 1.82) is 0 Å². The second-order valence-corrected chi connectivity index (χ2v) is 7.11. The highest BCUT2D eigenvalue weighted by Crippen LogP contribution is 2.43. The Bertz CT molecular complexity index is 336. The zero-order valence-corrected chi connectivity index (χ0v) is 13.2. The molecule has 1 heterocycles. The molecule has 0 spiro atoms. The Kier molecular flexibility index (Phi) is 4.63. The van der Waals surface area contributed by atoms with Crippen LogP contribution in [0.5, 0.6) is 0 Å². The van der Waals surface area contributed by atoms with Crippen LogP contribution in [0.2, 0.25) is 5.31 Å². The fourth-order valence-corrected chi connectivity index (χ4v) is 3.94. The molecular formula is C16H29BN2. The summed E-state index contributed by atoms with van der Waals surface area (Å²) in [5.74, 6) is 2.85. The summed E-state index contributed by atoms with van der Waals surface area (Å²) in [4.78, 5) is 7.17. The first-order chi connectivity index (χ1) is 8.94. The van der Waals surface area contributed by atoms with Crippen LogP contribution in [0.4, 0.5) is 0 Å². The molecular weight excluding hydrogens is 231 g/mol. The number of nitrogens with zero attached hydrogens (tertiary/aromatic N) is 2. The molecule has 2 rings (SSSR count). The van der Waals surface area contributed by atoms with Gasteiger partial charge in [0.2, 0.25) is 0 Å². The minimum Gasteiger partial charge on any atom is -0.358 e. The van der Waals surface area contributed by atoms with E-state index in [4.69, 9.17) is 7.85 Å². The van der Waals surface area contributed by atoms with Gasteiger partial charge in [-0.3, -0.25) is 4.99 Å². The topological polar surface area (TPSA) is 15.6 Å². The van der Waals surface area contributed by atoms with Crippen molar-refractivity contribution in [3.8, 4) is 0 Å². The number of fused-ring (bicyclic) bond motifs is 1. The van der Waals surface area contributed by atoms with Crippen molar-refractivity contribution < 1.29 is 0 Å². The van der Waals surface area contributed by atoms with Crippen molar-refractivity contribution >= 4 is 13.7 Å². The Hall–Kier alpha value is -0.465. The average molecular weight is 260 g/mol. The predicted molar refractivity (Wildman–Crippen MR) is 84.0 cm³/mol. The molecule has 2 fully saturated rings. The van der Waals surface area contributed by atoms with E-state index in [1.807, 2.05) is 7.05 Å². The fourth-order valence-electron chi connectivity index (χ4n) is 3.94. The van der Waals surface area contributed by atoms with Crippen molar-refractivity contribution in [3.05, 3.63) is 0 Å². The van der Waals surface area contributed by atoms with Gasteiger partial charge in [0, 0.05) is 25.6 Å². The molecule has 2 aliphatic rings. The van der Waals surface area contributed by atoms with Gasteiger partial charge in [-0.1, -0.05) is 31.5 Å². The van der Waals surface area contributed by atoms with E-state index < -0.39 is 0 Å². The molecule has 0 aromatic carbocycles. The molecule has 2 radical (unpaired) electrons. The first kappa shape index (κ1) is 14.9. The molecule has 1 saturated heterocycles. The van der Waals surface area contributed by atoms with Crippen LogP contribution in [-0.2, 0) is 0 Å². The smallest absolute Gasteiger partial charge is 0.102 e. The Balaban J connectivity index is 2.13. The summed E-state index contributed by atoms with van der Waals surface area (Å²) in [6, 6.07) is 0.574. The highest BCUT2D eigenvalue weighted by Gasteiger charge is 2.37. The number of amidine groups is 1. The summed E-state index contributed by atoms with van der Waals surface area (Å²) < 4.78 is 0. The van der Waals surface area contributed by atoms with Crippen LogP contribution in [0, 0.1) is 11.8 Å². The van der Waals surface area contributed by atoms with Gasteiger partial charge < -0.3 is 4.90 Å². The Morgan fingerprint density at radius 1 is 1.26 bits per heavy atom. The molecule has 3 atom stereocenters. The lowest BCUT2D eigenvalue weighted by molar-refractivity contribution is 0.188. The molecule has 0 aromatic heterocycles. The Morgan fingerprint density at radius 2 is 2.00 bits per heavy atom. The van der Waals surface area contributed by atoms with Crippen LogP contribution in [0.15, 0.2) is 4.99 Å². The predicted octanol–water partition coefficient (Wildman–Crippen LogP) is 3.67. The maximum atomic E-state index is 6.37. The number of rotatable bonds is 1. The summed E-state index contributed by atoms with van der Waals surface area (Å²) >= 11 is 0. The summed E-state index contributed by atoms with van der Waals surface area (Å²) in [6.45, 7) is 7.97. The highest BCUT2D eigenvalue weighted by molar-refractivity contribution is 6.14. The molecule has 0 aromatic rings. The van der Waals surface area contributed by atoms with Crippen LogP contribution in [0.25, 0.3) is 0 Å². The lowest BCUT2D eigenvalue weighted by atomic mass is 9.60. The number of hydrogen-bond acceptors (Lipinski definition) is 1. The van der Waals surface area contributed by atoms with Gasteiger partial charge >= 0.3 is 0 Å². The van der Waals surface area contributed by atoms with Gasteiger partial charge in [-0.25, -0.2) is 0 Å². The van der Waals surface area contributed by atoms with E-state index in [9.17, 15) is 0 Å². The van der Waals surface area contributed by atoms with Crippen LogP contribution in [-0.4, -0.2) is 38.2 Å². The number of hydrogen-bond donors (Lipinski definition) is 0. The van der Waals surface area contributed by atoms with E-state index >= 15 is 0 Å². The molecule has 106 valence electrons. The maximum absolute atomic E-state index is 6.37. The molecule has 1 aliphatic carbocycles. The molecule has 1 aliphatic heterocycles. The number of aliphatic imine (C=N–C) groups is 1. The van der Waals surface area contributed by atoms with Gasteiger partial charge in [0.05, 0.1) is 7.85 Å². The third-order valence-electron chi connectivity index (χ3n) is 5.14. The first-order valence-corrected chi connectivity index (χ1v) is 7.97. The van der Waals surface area contributed by atoms with E-state index in [2.05, 4.69) is 30.7 Å². The summed E-state index contributed by atoms with van der Waals surface area (Å²) in [7, 11) is 8.34. The average Bonchev–Trinajstić information content (AvgIpc) is 2.34. The summed E-state index contributed by atoms with van der Waals surface area (Å²) in [6.07, 6.45) is 7.45. The van der Waals surface area contributed by atoms with Crippen molar-refractivity contribution in [2.75, 3.05) is 13.6 Å². The SMILES string of the molecule is [B]C1(C)CCCC2C(=NC)N(C(C)C)CCC2CC1. The number of likely N-dealkylation sites (tertiary alicyclic amines) is 1. The zero-order chi connectivity index (χ0) is 14.0. The maximum Gasteiger partial charge on any atom is 0.102 e. The molecule has 0 amide bonds. The quantitative estimate of drug-likeness (QED) is 0.657. The van der Waals surface area contributed by atoms with E-state index in [0.29, 0.717) is 12.0 Å². The molecule has 0 N–H and O–H groups in total. The van der Waals surface area contributed by atoms with Crippen LogP contribution >= 0.6 is 0 Å². The lowest BCUT2D eigenvalue weighted by Crippen LogP contribution is -2.49. The van der Waals surface area contributed by atoms with Crippen molar-refractivity contribution in [3.63, 3.8) is 0 Å². The Morgan fingerprint density at radius 3 is 2.63 bits per heavy atom. The zero-order valence-electron chi connectivity index (χ0n) is 13.2. The van der Waals surface area contributed by atoms with Crippen molar-refractivity contribution in [1.82, 2.24) is 4.90 Å². The third kappa shape index (κ3) is 3.35. The van der Waals surface area contributed by atoms with Gasteiger partial charge in [-0.15, -0.1) is 0 Å². The summed E-state index contributed by atoms with van der Waals surface area (Å²) in [5, 5.41) is 0.0592. The van der Waals surface area contributed by atoms with E-state index in [-0.39, 0.29) is 5.31 Å². The standard InChI is InChI=1S/C16H29BN2/c1-12(2)19-11-8-13-7-10-16(3,17)9-5-6-14(13)15(19)18-4/h12-14H,5-11H2,1-4H3. The first-order valence-electron chi connectivity index (χ1n) is 7.97. The van der Waals surface area contributed by atoms with Gasteiger partial charge in [-0.2, -0.15) is 0 Å². The Labute approximate surface area is 120 Å². The van der Waals surface area contributed by atoms with Crippen LogP contribution < -0.4 is 0 Å². The van der Waals surface area contributed by atoms with Crippen LogP contribution in [0.3, 0.4) is 0 Å². The van der Waals surface area contributed by atoms with E-state index in [0.717, 1.165) is 12.3 Å². The molecule has 3 unspecified atom stereocenters. The van der Waals surface area contributed by atoms with E-state index in [1.54, 1.807) is 0 Å². The monoisotopic (exact) mass is 260 g/mol. The van der Waals surface area contributed by atoms with Crippen molar-refractivity contribution in [2.45, 2.75) is 70.7 Å². The van der Waals surface area contributed by atoms with Crippen LogP contribution in [0.1, 0.15) is 59.3 Å². The van der Waals surface area contributed by atoms with Gasteiger partial charge in [0.15, 0.2) is 0 Å². The minimum absolute atomic E-state index is 0.0592. The van der Waals surface area contributed by atoms with Gasteiger partial charge in [0.25, 0.3) is 0 Å². The molecule has 19 heavy (non-hydrogen) atoms. The van der Waals surface area contributed by atoms with E-state index in [1.165, 1.54) is 44.5 Å². The normalized spacial score (nSPS) is 39.0. The second-order valence-electron chi connectivity index (χ2n) is 7.11. The molecule has 1 saturated carbocycles.